The number of aromatic nitrogens is 2. The van der Waals surface area contributed by atoms with Crippen LogP contribution in [-0.4, -0.2) is 9.97 Å². The third kappa shape index (κ3) is 5.96. The number of thiophene rings is 1. The fraction of sp³-hybridized carbons (Fsp3) is 0.0638. The second-order valence-electron chi connectivity index (χ2n) is 13.4. The van der Waals surface area contributed by atoms with Gasteiger partial charge in [-0.1, -0.05) is 118 Å². The van der Waals surface area contributed by atoms with Crippen molar-refractivity contribution in [2.75, 3.05) is 0 Å². The van der Waals surface area contributed by atoms with Crippen LogP contribution in [0.15, 0.2) is 130 Å². The van der Waals surface area contributed by atoms with Crippen LogP contribution in [0.5, 0.6) is 0 Å². The molecule has 3 aromatic heterocycles. The molecule has 2 aliphatic heterocycles. The zero-order valence-electron chi connectivity index (χ0n) is 28.9. The van der Waals surface area contributed by atoms with Crippen LogP contribution in [0.2, 0.25) is 0 Å². The van der Waals surface area contributed by atoms with Crippen molar-refractivity contribution >= 4 is 72.1 Å². The molecule has 0 unspecified atom stereocenters. The number of aryl methyl sites for hydroxylation is 3. The van der Waals surface area contributed by atoms with Crippen molar-refractivity contribution in [1.82, 2.24) is 9.97 Å². The van der Waals surface area contributed by atoms with Crippen molar-refractivity contribution < 1.29 is 4.42 Å². The van der Waals surface area contributed by atoms with Crippen LogP contribution in [0.1, 0.15) is 39.5 Å². The Morgan fingerprint density at radius 1 is 0.442 bits per heavy atom. The molecule has 0 saturated carbocycles. The molecular formula is C47H33BrN2OS. The molecule has 0 radical (unpaired) electrons. The highest BCUT2D eigenvalue weighted by Gasteiger charge is 2.20. The normalized spacial score (nSPS) is 12.1. The van der Waals surface area contributed by atoms with Gasteiger partial charge in [-0.3, -0.25) is 0 Å². The highest BCUT2D eigenvalue weighted by Crippen LogP contribution is 2.42. The van der Waals surface area contributed by atoms with Crippen molar-refractivity contribution in [2.45, 2.75) is 20.8 Å². The average Bonchev–Trinajstić information content (AvgIpc) is 3.98. The minimum Gasteiger partial charge on any atom is -0.456 e. The summed E-state index contributed by atoms with van der Waals surface area (Å²) in [6, 6.07) is 43.0. The Kier molecular flexibility index (Phi) is 8.18. The van der Waals surface area contributed by atoms with Gasteiger partial charge in [-0.05, 0) is 104 Å². The maximum atomic E-state index is 6.92. The molecule has 0 aliphatic carbocycles. The van der Waals surface area contributed by atoms with Gasteiger partial charge in [-0.15, -0.1) is 11.3 Å². The van der Waals surface area contributed by atoms with Crippen LogP contribution < -0.4 is 0 Å². The lowest BCUT2D eigenvalue weighted by Crippen LogP contribution is -1.87. The molecule has 0 amide bonds. The van der Waals surface area contributed by atoms with Gasteiger partial charge in [0, 0.05) is 25.0 Å². The van der Waals surface area contributed by atoms with E-state index >= 15 is 0 Å². The number of halogens is 1. The molecule has 4 aromatic carbocycles. The average molecular weight is 754 g/mol. The third-order valence-corrected chi connectivity index (χ3v) is 11.2. The van der Waals surface area contributed by atoms with E-state index < -0.39 is 0 Å². The van der Waals surface area contributed by atoms with E-state index in [4.69, 9.17) is 14.4 Å². The number of furan rings is 1. The summed E-state index contributed by atoms with van der Waals surface area (Å²) in [5.74, 6) is 0. The second kappa shape index (κ2) is 13.2. The smallest absolute Gasteiger partial charge is 0.137 e. The van der Waals surface area contributed by atoms with Gasteiger partial charge in [0.2, 0.25) is 0 Å². The van der Waals surface area contributed by atoms with Crippen LogP contribution in [0.25, 0.3) is 89.4 Å². The van der Waals surface area contributed by atoms with Gasteiger partial charge < -0.3 is 4.42 Å². The molecule has 7 aromatic rings. The molecule has 52 heavy (non-hydrogen) atoms. The quantitative estimate of drug-likeness (QED) is 0.180. The number of benzene rings is 4. The maximum absolute atomic E-state index is 6.92. The summed E-state index contributed by atoms with van der Waals surface area (Å²) >= 11 is 5.51. The van der Waals surface area contributed by atoms with E-state index in [1.165, 1.54) is 16.7 Å². The van der Waals surface area contributed by atoms with E-state index in [0.717, 1.165) is 92.3 Å². The SMILES string of the molecule is Cc1ccc(-c2c3nc(c(-c4ccc(C)cc4)c4ccc(s4)c(-c4cccc(Br)c4)c4nc(c(-c5ccc(C)cc5)c5ccc2o5)C=C4)C=C3)cc1. The van der Waals surface area contributed by atoms with E-state index in [0.29, 0.717) is 0 Å². The first-order valence-corrected chi connectivity index (χ1v) is 18.9. The van der Waals surface area contributed by atoms with Crippen molar-refractivity contribution in [2.24, 2.45) is 0 Å². The highest BCUT2D eigenvalue weighted by molar-refractivity contribution is 9.10. The molecule has 2 aliphatic rings. The van der Waals surface area contributed by atoms with Crippen molar-refractivity contribution in [3.63, 3.8) is 0 Å². The standard InChI is InChI=1S/C47H33BrN2OS/c1-28-7-13-31(14-8-28)44-36-19-21-38(49-36)46(33-17-11-30(3)12-18-33)42-25-26-43(52-42)47(34-5-4-6-35(48)27-34)39-22-20-37(50-39)45(41-24-23-40(44)51-41)32-15-9-29(2)10-16-32/h4-27H,1-3H3. The fourth-order valence-corrected chi connectivity index (χ4v) is 8.52. The summed E-state index contributed by atoms with van der Waals surface area (Å²) in [5, 5.41) is 0. The summed E-state index contributed by atoms with van der Waals surface area (Å²) in [7, 11) is 0. The number of rotatable bonds is 4. The van der Waals surface area contributed by atoms with E-state index in [1.54, 1.807) is 11.3 Å². The van der Waals surface area contributed by atoms with Gasteiger partial charge in [0.15, 0.2) is 0 Å². The van der Waals surface area contributed by atoms with Crippen LogP contribution in [-0.2, 0) is 0 Å². The first kappa shape index (κ1) is 32.3. The largest absolute Gasteiger partial charge is 0.456 e. The third-order valence-electron chi connectivity index (χ3n) is 9.64. The predicted molar refractivity (Wildman–Crippen MR) is 224 cm³/mol. The van der Waals surface area contributed by atoms with Crippen LogP contribution in [0.4, 0.5) is 0 Å². The molecule has 0 spiro atoms. The molecule has 8 bridgehead atoms. The molecule has 9 rings (SSSR count). The molecule has 0 N–H and O–H groups in total. The van der Waals surface area contributed by atoms with Gasteiger partial charge in [0.1, 0.15) is 11.2 Å². The second-order valence-corrected chi connectivity index (χ2v) is 15.4. The van der Waals surface area contributed by atoms with Crippen LogP contribution in [0, 0.1) is 20.8 Å². The number of nitrogens with zero attached hydrogens (tertiary/aromatic N) is 2. The van der Waals surface area contributed by atoms with Crippen LogP contribution in [0.3, 0.4) is 0 Å². The Morgan fingerprint density at radius 2 is 0.846 bits per heavy atom. The molecule has 5 heterocycles. The van der Waals surface area contributed by atoms with Crippen LogP contribution >= 0.6 is 27.3 Å². The minimum atomic E-state index is 0.751. The molecule has 0 fully saturated rings. The van der Waals surface area contributed by atoms with E-state index in [2.05, 4.69) is 182 Å². The zero-order chi connectivity index (χ0) is 35.3. The van der Waals surface area contributed by atoms with Crippen molar-refractivity contribution in [3.8, 4) is 44.5 Å². The van der Waals surface area contributed by atoms with E-state index in [1.807, 2.05) is 0 Å². The van der Waals surface area contributed by atoms with Crippen molar-refractivity contribution in [1.29, 1.82) is 0 Å². The van der Waals surface area contributed by atoms with Gasteiger partial charge in [-0.2, -0.15) is 0 Å². The number of hydrogen-bond acceptors (Lipinski definition) is 4. The molecule has 0 saturated heterocycles. The Bertz CT molecular complexity index is 2710. The summed E-state index contributed by atoms with van der Waals surface area (Å²) in [6.45, 7) is 6.34. The van der Waals surface area contributed by atoms with Gasteiger partial charge >= 0.3 is 0 Å². The minimum absolute atomic E-state index is 0.751. The first-order chi connectivity index (χ1) is 25.4. The molecule has 5 heteroatoms. The van der Waals surface area contributed by atoms with E-state index in [-0.39, 0.29) is 0 Å². The molecule has 3 nitrogen and oxygen atoms in total. The summed E-state index contributed by atoms with van der Waals surface area (Å²) in [6.07, 6.45) is 8.53. The summed E-state index contributed by atoms with van der Waals surface area (Å²) in [5.41, 5.74) is 17.0. The summed E-state index contributed by atoms with van der Waals surface area (Å²) < 4.78 is 10.2. The first-order valence-electron chi connectivity index (χ1n) is 17.3. The Morgan fingerprint density at radius 3 is 1.29 bits per heavy atom. The Balaban J connectivity index is 1.47. The lowest BCUT2D eigenvalue weighted by atomic mass is 10.0. The summed E-state index contributed by atoms with van der Waals surface area (Å²) in [4.78, 5) is 10.8. The maximum Gasteiger partial charge on any atom is 0.137 e. The number of fused-ring (bicyclic) bond motifs is 8. The Labute approximate surface area is 315 Å². The molecule has 0 atom stereocenters. The fourth-order valence-electron chi connectivity index (χ4n) is 6.96. The van der Waals surface area contributed by atoms with Gasteiger partial charge in [0.05, 0.1) is 33.9 Å². The van der Waals surface area contributed by atoms with Crippen molar-refractivity contribution in [3.05, 3.63) is 165 Å². The zero-order valence-corrected chi connectivity index (χ0v) is 31.3. The monoisotopic (exact) mass is 752 g/mol. The topological polar surface area (TPSA) is 38.9 Å². The lowest BCUT2D eigenvalue weighted by Gasteiger charge is -2.07. The van der Waals surface area contributed by atoms with E-state index in [9.17, 15) is 0 Å². The van der Waals surface area contributed by atoms with Gasteiger partial charge in [0.25, 0.3) is 0 Å². The molecule has 250 valence electrons. The predicted octanol–water partition coefficient (Wildman–Crippen LogP) is 14.0. The Hall–Kier alpha value is -5.62. The van der Waals surface area contributed by atoms with Gasteiger partial charge in [-0.25, -0.2) is 9.97 Å². The highest BCUT2D eigenvalue weighted by atomic mass is 79.9. The lowest BCUT2D eigenvalue weighted by molar-refractivity contribution is 0.667. The number of hydrogen-bond donors (Lipinski definition) is 0. The molecular weight excluding hydrogens is 721 g/mol.